The van der Waals surface area contributed by atoms with Gasteiger partial charge >= 0.3 is 0 Å². The molecule has 136 valence electrons. The molecule has 2 atom stereocenters. The fourth-order valence-electron chi connectivity index (χ4n) is 5.05. The summed E-state index contributed by atoms with van der Waals surface area (Å²) in [6.45, 7) is 4.65. The van der Waals surface area contributed by atoms with E-state index >= 15 is 0 Å². The summed E-state index contributed by atoms with van der Waals surface area (Å²) in [6.07, 6.45) is 11.0. The van der Waals surface area contributed by atoms with Gasteiger partial charge in [-0.25, -0.2) is 0 Å². The number of pyridine rings is 1. The van der Waals surface area contributed by atoms with Crippen molar-refractivity contribution >= 4 is 5.91 Å². The van der Waals surface area contributed by atoms with Gasteiger partial charge in [-0.15, -0.1) is 0 Å². The van der Waals surface area contributed by atoms with Gasteiger partial charge in [-0.1, -0.05) is 12.8 Å². The number of fused-ring (bicyclic) bond motifs is 1. The van der Waals surface area contributed by atoms with Crippen LogP contribution in [0.25, 0.3) is 0 Å². The molecule has 0 spiro atoms. The second kappa shape index (κ2) is 7.42. The van der Waals surface area contributed by atoms with Crippen LogP contribution in [0.1, 0.15) is 37.7 Å². The Morgan fingerprint density at radius 3 is 2.92 bits per heavy atom. The maximum absolute atomic E-state index is 13.0. The van der Waals surface area contributed by atoms with Crippen molar-refractivity contribution in [2.45, 2.75) is 44.6 Å². The van der Waals surface area contributed by atoms with Crippen LogP contribution < -0.4 is 10.6 Å². The highest BCUT2D eigenvalue weighted by Gasteiger charge is 2.55. The van der Waals surface area contributed by atoms with Crippen molar-refractivity contribution in [3.8, 4) is 0 Å². The van der Waals surface area contributed by atoms with Gasteiger partial charge in [0.05, 0.1) is 5.41 Å². The molecule has 3 heterocycles. The Balaban J connectivity index is 1.30. The molecule has 0 radical (unpaired) electrons. The second-order valence-electron chi connectivity index (χ2n) is 8.07. The molecule has 2 N–H and O–H groups in total. The standard InChI is InChI=1S/C20H30N4O/c25-19(23-9-3-4-16-7-10-21-11-8-16)20-14-22-12-17(20)13-24(15-20)18-5-1-2-6-18/h7-8,10-11,17-18,22H,1-6,9,12-15H2,(H,23,25)/t17-,20-/m1/s1. The number of aromatic nitrogens is 1. The van der Waals surface area contributed by atoms with E-state index in [1.54, 1.807) is 0 Å². The maximum Gasteiger partial charge on any atom is 0.229 e. The van der Waals surface area contributed by atoms with Crippen LogP contribution in [0.15, 0.2) is 24.5 Å². The number of carbonyl (C=O) groups excluding carboxylic acids is 1. The van der Waals surface area contributed by atoms with E-state index in [1.165, 1.54) is 31.2 Å². The van der Waals surface area contributed by atoms with Crippen molar-refractivity contribution < 1.29 is 4.79 Å². The first-order valence-corrected chi connectivity index (χ1v) is 9.90. The monoisotopic (exact) mass is 342 g/mol. The smallest absolute Gasteiger partial charge is 0.229 e. The van der Waals surface area contributed by atoms with Gasteiger partial charge in [0.25, 0.3) is 0 Å². The Hall–Kier alpha value is -1.46. The van der Waals surface area contributed by atoms with Gasteiger partial charge in [-0.2, -0.15) is 0 Å². The molecule has 0 bridgehead atoms. The molecule has 2 saturated heterocycles. The number of likely N-dealkylation sites (tertiary alicyclic amines) is 1. The number of nitrogens with one attached hydrogen (secondary N) is 2. The molecule has 5 nitrogen and oxygen atoms in total. The zero-order valence-corrected chi connectivity index (χ0v) is 15.0. The minimum Gasteiger partial charge on any atom is -0.356 e. The van der Waals surface area contributed by atoms with Crippen molar-refractivity contribution in [2.75, 3.05) is 32.7 Å². The van der Waals surface area contributed by atoms with Crippen LogP contribution in [-0.4, -0.2) is 54.6 Å². The number of carbonyl (C=O) groups is 1. The van der Waals surface area contributed by atoms with Crippen molar-refractivity contribution in [3.63, 3.8) is 0 Å². The summed E-state index contributed by atoms with van der Waals surface area (Å²) < 4.78 is 0. The Bertz CT molecular complexity index is 587. The highest BCUT2D eigenvalue weighted by atomic mass is 16.2. The second-order valence-corrected chi connectivity index (χ2v) is 8.07. The van der Waals surface area contributed by atoms with Gasteiger partial charge in [-0.05, 0) is 43.4 Å². The molecule has 0 unspecified atom stereocenters. The number of nitrogens with zero attached hydrogens (tertiary/aromatic N) is 2. The topological polar surface area (TPSA) is 57.3 Å². The quantitative estimate of drug-likeness (QED) is 0.771. The summed E-state index contributed by atoms with van der Waals surface area (Å²) >= 11 is 0. The third kappa shape index (κ3) is 3.44. The molecule has 5 heteroatoms. The highest BCUT2D eigenvalue weighted by Crippen LogP contribution is 2.42. The predicted molar refractivity (Wildman–Crippen MR) is 98.2 cm³/mol. The normalized spacial score (nSPS) is 29.8. The summed E-state index contributed by atoms with van der Waals surface area (Å²) in [6, 6.07) is 4.82. The average Bonchev–Trinajstić information content (AvgIpc) is 3.34. The first-order chi connectivity index (χ1) is 12.3. The zero-order chi connectivity index (χ0) is 17.1. The van der Waals surface area contributed by atoms with Crippen molar-refractivity contribution in [3.05, 3.63) is 30.1 Å². The zero-order valence-electron chi connectivity index (χ0n) is 15.0. The van der Waals surface area contributed by atoms with E-state index in [9.17, 15) is 4.79 Å². The largest absolute Gasteiger partial charge is 0.356 e. The molecule has 25 heavy (non-hydrogen) atoms. The SMILES string of the molecule is O=C(NCCCc1ccncc1)[C@@]12CNC[C@@H]1CN(C1CCCC1)C2. The highest BCUT2D eigenvalue weighted by molar-refractivity contribution is 5.84. The minimum absolute atomic E-state index is 0.195. The lowest BCUT2D eigenvalue weighted by molar-refractivity contribution is -0.130. The van der Waals surface area contributed by atoms with Crippen LogP contribution >= 0.6 is 0 Å². The van der Waals surface area contributed by atoms with Gasteiger partial charge in [0, 0.05) is 57.1 Å². The molecule has 1 amide bonds. The Morgan fingerprint density at radius 1 is 1.32 bits per heavy atom. The van der Waals surface area contributed by atoms with Gasteiger partial charge in [0.1, 0.15) is 0 Å². The molecule has 3 aliphatic rings. The number of hydrogen-bond acceptors (Lipinski definition) is 4. The van der Waals surface area contributed by atoms with Crippen LogP contribution in [0.2, 0.25) is 0 Å². The summed E-state index contributed by atoms with van der Waals surface area (Å²) in [7, 11) is 0. The third-order valence-electron chi connectivity index (χ3n) is 6.52. The first kappa shape index (κ1) is 17.0. The molecule has 3 fully saturated rings. The molecule has 4 rings (SSSR count). The van der Waals surface area contributed by atoms with E-state index in [2.05, 4.69) is 20.5 Å². The lowest BCUT2D eigenvalue weighted by Crippen LogP contribution is -2.48. The fourth-order valence-corrected chi connectivity index (χ4v) is 5.05. The van der Waals surface area contributed by atoms with Gasteiger partial charge in [-0.3, -0.25) is 14.7 Å². The Kier molecular flexibility index (Phi) is 5.04. The maximum atomic E-state index is 13.0. The lowest BCUT2D eigenvalue weighted by Gasteiger charge is -2.29. The molecule has 0 aromatic carbocycles. The Morgan fingerprint density at radius 2 is 2.12 bits per heavy atom. The number of amides is 1. The third-order valence-corrected chi connectivity index (χ3v) is 6.52. The summed E-state index contributed by atoms with van der Waals surface area (Å²) in [5.74, 6) is 0.756. The van der Waals surface area contributed by atoms with Crippen LogP contribution in [-0.2, 0) is 11.2 Å². The van der Waals surface area contributed by atoms with Crippen LogP contribution in [0, 0.1) is 11.3 Å². The first-order valence-electron chi connectivity index (χ1n) is 9.90. The minimum atomic E-state index is -0.195. The fraction of sp³-hybridized carbons (Fsp3) is 0.700. The predicted octanol–water partition coefficient (Wildman–Crippen LogP) is 1.59. The summed E-state index contributed by atoms with van der Waals surface area (Å²) in [5, 5.41) is 6.73. The van der Waals surface area contributed by atoms with Gasteiger partial charge in [0.2, 0.25) is 5.91 Å². The van der Waals surface area contributed by atoms with Crippen molar-refractivity contribution in [1.82, 2.24) is 20.5 Å². The van der Waals surface area contributed by atoms with E-state index in [0.29, 0.717) is 5.92 Å². The van der Waals surface area contributed by atoms with E-state index in [1.807, 2.05) is 24.5 Å². The Labute approximate surface area is 150 Å². The van der Waals surface area contributed by atoms with Crippen LogP contribution in [0.3, 0.4) is 0 Å². The summed E-state index contributed by atoms with van der Waals surface area (Å²) in [4.78, 5) is 19.7. The number of rotatable bonds is 6. The van der Waals surface area contributed by atoms with Crippen molar-refractivity contribution in [2.24, 2.45) is 11.3 Å². The molecule has 1 aliphatic carbocycles. The van der Waals surface area contributed by atoms with E-state index in [4.69, 9.17) is 0 Å². The molecule has 1 aromatic rings. The van der Waals surface area contributed by atoms with E-state index in [-0.39, 0.29) is 11.3 Å². The number of aryl methyl sites for hydroxylation is 1. The van der Waals surface area contributed by atoms with Gasteiger partial charge < -0.3 is 10.6 Å². The van der Waals surface area contributed by atoms with Gasteiger partial charge in [0.15, 0.2) is 0 Å². The molecular formula is C20H30N4O. The average molecular weight is 342 g/mol. The van der Waals surface area contributed by atoms with Crippen molar-refractivity contribution in [1.29, 1.82) is 0 Å². The van der Waals surface area contributed by atoms with Crippen LogP contribution in [0.5, 0.6) is 0 Å². The van der Waals surface area contributed by atoms with E-state index < -0.39 is 0 Å². The lowest BCUT2D eigenvalue weighted by atomic mass is 9.80. The molecule has 1 saturated carbocycles. The van der Waals surface area contributed by atoms with E-state index in [0.717, 1.165) is 51.6 Å². The number of hydrogen-bond donors (Lipinski definition) is 2. The summed E-state index contributed by atoms with van der Waals surface area (Å²) in [5.41, 5.74) is 1.09. The van der Waals surface area contributed by atoms with Crippen LogP contribution in [0.4, 0.5) is 0 Å². The molecule has 1 aromatic heterocycles. The molecule has 2 aliphatic heterocycles. The molecular weight excluding hydrogens is 312 g/mol.